The minimum absolute atomic E-state index is 0.105. The van der Waals surface area contributed by atoms with Crippen LogP contribution in [-0.2, 0) is 23.7 Å². The minimum Gasteiger partial charge on any atom is -0.396 e. The van der Waals surface area contributed by atoms with Gasteiger partial charge < -0.3 is 28.8 Å². The summed E-state index contributed by atoms with van der Waals surface area (Å²) >= 11 is 0. The van der Waals surface area contributed by atoms with Crippen LogP contribution in [-0.4, -0.2) is 78.3 Å². The van der Waals surface area contributed by atoms with Crippen molar-refractivity contribution in [3.63, 3.8) is 0 Å². The maximum absolute atomic E-state index is 9.42. The fourth-order valence-electron chi connectivity index (χ4n) is 1.81. The van der Waals surface area contributed by atoms with Crippen LogP contribution in [0.5, 0.6) is 0 Å². The summed E-state index contributed by atoms with van der Waals surface area (Å²) in [5.41, 5.74) is -0.105. The second kappa shape index (κ2) is 15.6. The Hall–Kier alpha value is -0.240. The molecule has 0 saturated carbocycles. The van der Waals surface area contributed by atoms with Gasteiger partial charge in [-0.15, -0.1) is 0 Å². The normalized spacial score (nSPS) is 12.0. The molecule has 0 aromatic heterocycles. The fraction of sp³-hybridized carbons (Fsp3) is 1.00. The van der Waals surface area contributed by atoms with E-state index in [1.165, 1.54) is 0 Å². The predicted molar refractivity (Wildman–Crippen MR) is 85.3 cm³/mol. The Morgan fingerprint density at radius 2 is 1.09 bits per heavy atom. The summed E-state index contributed by atoms with van der Waals surface area (Å²) in [4.78, 5) is 0. The maximum atomic E-state index is 9.42. The maximum Gasteiger partial charge on any atom is 0.0701 e. The van der Waals surface area contributed by atoms with E-state index in [-0.39, 0.29) is 12.0 Å². The molecule has 0 bridgehead atoms. The van der Waals surface area contributed by atoms with Gasteiger partial charge in [0.2, 0.25) is 0 Å². The largest absolute Gasteiger partial charge is 0.396 e. The van der Waals surface area contributed by atoms with Gasteiger partial charge in [0.1, 0.15) is 0 Å². The number of hydrogen-bond acceptors (Lipinski definition) is 6. The van der Waals surface area contributed by atoms with E-state index in [4.69, 9.17) is 23.7 Å². The van der Waals surface area contributed by atoms with Crippen LogP contribution < -0.4 is 0 Å². The van der Waals surface area contributed by atoms with Crippen LogP contribution in [0.1, 0.15) is 26.7 Å². The third kappa shape index (κ3) is 11.3. The topological polar surface area (TPSA) is 66.4 Å². The summed E-state index contributed by atoms with van der Waals surface area (Å²) in [6, 6.07) is 0. The second-order valence-electron chi connectivity index (χ2n) is 5.25. The van der Waals surface area contributed by atoms with Crippen molar-refractivity contribution in [1.82, 2.24) is 0 Å². The Morgan fingerprint density at radius 3 is 1.45 bits per heavy atom. The quantitative estimate of drug-likeness (QED) is 0.409. The first-order valence-corrected chi connectivity index (χ1v) is 8.15. The Bertz CT molecular complexity index is 212. The summed E-state index contributed by atoms with van der Waals surface area (Å²) < 4.78 is 26.5. The van der Waals surface area contributed by atoms with Crippen LogP contribution in [0, 0.1) is 5.41 Å². The summed E-state index contributed by atoms with van der Waals surface area (Å²) in [6.45, 7) is 9.44. The van der Waals surface area contributed by atoms with E-state index in [9.17, 15) is 5.11 Å². The van der Waals surface area contributed by atoms with E-state index in [2.05, 4.69) is 13.8 Å². The first kappa shape index (κ1) is 21.8. The SMILES string of the molecule is CCC(CC)(CO)COCCOCCOCCOCCOC. The zero-order chi connectivity index (χ0) is 16.5. The molecule has 22 heavy (non-hydrogen) atoms. The average molecular weight is 322 g/mol. The van der Waals surface area contributed by atoms with E-state index < -0.39 is 0 Å². The molecule has 0 aromatic rings. The first-order chi connectivity index (χ1) is 10.7. The Morgan fingerprint density at radius 1 is 0.682 bits per heavy atom. The van der Waals surface area contributed by atoms with Gasteiger partial charge >= 0.3 is 0 Å². The van der Waals surface area contributed by atoms with Crippen LogP contribution >= 0.6 is 0 Å². The molecule has 6 nitrogen and oxygen atoms in total. The van der Waals surface area contributed by atoms with E-state index in [1.807, 2.05) is 0 Å². The molecule has 0 unspecified atom stereocenters. The van der Waals surface area contributed by atoms with Gasteiger partial charge in [0.25, 0.3) is 0 Å². The zero-order valence-corrected chi connectivity index (χ0v) is 14.5. The van der Waals surface area contributed by atoms with Crippen LogP contribution in [0.4, 0.5) is 0 Å². The molecule has 6 heteroatoms. The van der Waals surface area contributed by atoms with Gasteiger partial charge in [-0.25, -0.2) is 0 Å². The van der Waals surface area contributed by atoms with Gasteiger partial charge in [0.15, 0.2) is 0 Å². The molecule has 0 radical (unpaired) electrons. The van der Waals surface area contributed by atoms with Crippen LogP contribution in [0.25, 0.3) is 0 Å². The third-order valence-corrected chi connectivity index (χ3v) is 3.79. The van der Waals surface area contributed by atoms with Crippen LogP contribution in [0.15, 0.2) is 0 Å². The summed E-state index contributed by atoms with van der Waals surface area (Å²) in [5, 5.41) is 9.42. The van der Waals surface area contributed by atoms with Crippen molar-refractivity contribution < 1.29 is 28.8 Å². The second-order valence-corrected chi connectivity index (χ2v) is 5.25. The molecule has 0 aliphatic carbocycles. The lowest BCUT2D eigenvalue weighted by Gasteiger charge is -2.28. The molecule has 0 aliphatic rings. The number of aliphatic hydroxyl groups is 1. The lowest BCUT2D eigenvalue weighted by atomic mass is 9.84. The average Bonchev–Trinajstić information content (AvgIpc) is 2.56. The molecule has 0 atom stereocenters. The highest BCUT2D eigenvalue weighted by Crippen LogP contribution is 2.25. The van der Waals surface area contributed by atoms with E-state index in [0.29, 0.717) is 59.5 Å². The van der Waals surface area contributed by atoms with Crippen LogP contribution in [0.3, 0.4) is 0 Å². The Kier molecular flexibility index (Phi) is 15.5. The first-order valence-electron chi connectivity index (χ1n) is 8.15. The number of rotatable bonds is 17. The molecular weight excluding hydrogens is 288 g/mol. The summed E-state index contributed by atoms with van der Waals surface area (Å²) in [5.74, 6) is 0. The highest BCUT2D eigenvalue weighted by Gasteiger charge is 2.25. The minimum atomic E-state index is -0.105. The molecule has 0 spiro atoms. The molecule has 0 aliphatic heterocycles. The van der Waals surface area contributed by atoms with Gasteiger partial charge in [-0.2, -0.15) is 0 Å². The number of methoxy groups -OCH3 is 1. The Labute approximate surface area is 135 Å². The van der Waals surface area contributed by atoms with Gasteiger partial charge in [0.05, 0.1) is 66.1 Å². The molecule has 0 fully saturated rings. The number of hydrogen-bond donors (Lipinski definition) is 1. The van der Waals surface area contributed by atoms with E-state index in [1.54, 1.807) is 7.11 Å². The van der Waals surface area contributed by atoms with Crippen molar-refractivity contribution in [3.05, 3.63) is 0 Å². The highest BCUT2D eigenvalue weighted by atomic mass is 16.6. The standard InChI is InChI=1S/C16H34O6/c1-4-16(5-2,14-17)15-22-13-12-21-11-10-20-9-8-19-7-6-18-3/h17H,4-15H2,1-3H3. The van der Waals surface area contributed by atoms with Gasteiger partial charge in [-0.3, -0.25) is 0 Å². The number of ether oxygens (including phenoxy) is 5. The monoisotopic (exact) mass is 322 g/mol. The molecule has 0 aromatic carbocycles. The Balaban J connectivity index is 3.27. The van der Waals surface area contributed by atoms with E-state index >= 15 is 0 Å². The molecule has 0 amide bonds. The van der Waals surface area contributed by atoms with Crippen molar-refractivity contribution in [2.24, 2.45) is 5.41 Å². The van der Waals surface area contributed by atoms with E-state index in [0.717, 1.165) is 12.8 Å². The smallest absolute Gasteiger partial charge is 0.0701 e. The number of aliphatic hydroxyl groups excluding tert-OH is 1. The summed E-state index contributed by atoms with van der Waals surface area (Å²) in [6.07, 6.45) is 1.84. The predicted octanol–water partition coefficient (Wildman–Crippen LogP) is 1.50. The molecule has 1 N–H and O–H groups in total. The lowest BCUT2D eigenvalue weighted by Crippen LogP contribution is -2.30. The fourth-order valence-corrected chi connectivity index (χ4v) is 1.81. The third-order valence-electron chi connectivity index (χ3n) is 3.79. The van der Waals surface area contributed by atoms with Gasteiger partial charge in [-0.1, -0.05) is 13.8 Å². The summed E-state index contributed by atoms with van der Waals surface area (Å²) in [7, 11) is 1.65. The van der Waals surface area contributed by atoms with Crippen molar-refractivity contribution in [3.8, 4) is 0 Å². The van der Waals surface area contributed by atoms with Crippen molar-refractivity contribution in [2.45, 2.75) is 26.7 Å². The molecule has 0 saturated heterocycles. The van der Waals surface area contributed by atoms with Crippen molar-refractivity contribution in [2.75, 3.05) is 73.2 Å². The highest BCUT2D eigenvalue weighted by molar-refractivity contribution is 4.74. The van der Waals surface area contributed by atoms with Crippen molar-refractivity contribution in [1.29, 1.82) is 0 Å². The molecular formula is C16H34O6. The molecule has 0 heterocycles. The van der Waals surface area contributed by atoms with Crippen molar-refractivity contribution >= 4 is 0 Å². The van der Waals surface area contributed by atoms with Gasteiger partial charge in [-0.05, 0) is 12.8 Å². The molecule has 134 valence electrons. The van der Waals surface area contributed by atoms with Gasteiger partial charge in [0, 0.05) is 12.5 Å². The van der Waals surface area contributed by atoms with Crippen LogP contribution in [0.2, 0.25) is 0 Å². The lowest BCUT2D eigenvalue weighted by molar-refractivity contribution is -0.0329. The zero-order valence-electron chi connectivity index (χ0n) is 14.5. The molecule has 0 rings (SSSR count).